The molecule has 1 aliphatic rings. The number of amides is 1. The summed E-state index contributed by atoms with van der Waals surface area (Å²) in [5.41, 5.74) is 0.0978. The van der Waals surface area contributed by atoms with Crippen molar-refractivity contribution in [3.05, 3.63) is 40.6 Å². The fraction of sp³-hybridized carbons (Fsp3) is 0.444. The molecule has 140 valence electrons. The van der Waals surface area contributed by atoms with Crippen LogP contribution in [0.2, 0.25) is 0 Å². The second-order valence-electron chi connectivity index (χ2n) is 7.19. The number of aromatic amines is 1. The molecule has 0 aliphatic carbocycles. The molecule has 0 atom stereocenters. The zero-order valence-corrected chi connectivity index (χ0v) is 15.0. The summed E-state index contributed by atoms with van der Waals surface area (Å²) in [6.07, 6.45) is 1.04. The van der Waals surface area contributed by atoms with Gasteiger partial charge in [-0.25, -0.2) is 19.1 Å². The lowest BCUT2D eigenvalue weighted by Crippen LogP contribution is -2.50. The normalized spacial score (nSPS) is 15.2. The molecule has 0 unspecified atom stereocenters. The lowest BCUT2D eigenvalue weighted by Gasteiger charge is -2.36. The van der Waals surface area contributed by atoms with Crippen LogP contribution in [0, 0.1) is 5.82 Å². The van der Waals surface area contributed by atoms with Crippen LogP contribution in [0.4, 0.5) is 14.9 Å². The number of H-pyrrole nitrogens is 1. The Balaban J connectivity index is 1.67. The molecule has 0 radical (unpaired) electrons. The summed E-state index contributed by atoms with van der Waals surface area (Å²) in [5.74, 6) is -0.422. The summed E-state index contributed by atoms with van der Waals surface area (Å²) in [6, 6.07) is 4.63. The Bertz CT molecular complexity index is 845. The highest BCUT2D eigenvalue weighted by atomic mass is 19.1. The molecule has 2 heterocycles. The molecule has 0 bridgehead atoms. The highest BCUT2D eigenvalue weighted by Gasteiger charge is 2.27. The number of hydrogen-bond donors (Lipinski definition) is 1. The van der Waals surface area contributed by atoms with Gasteiger partial charge in [0.15, 0.2) is 0 Å². The van der Waals surface area contributed by atoms with Crippen LogP contribution in [0.3, 0.4) is 0 Å². The molecule has 2 aromatic rings. The van der Waals surface area contributed by atoms with E-state index >= 15 is 0 Å². The first-order chi connectivity index (χ1) is 12.2. The first-order valence-electron chi connectivity index (χ1n) is 8.44. The summed E-state index contributed by atoms with van der Waals surface area (Å²) in [7, 11) is 0. The Hall–Kier alpha value is -2.77. The van der Waals surface area contributed by atoms with Gasteiger partial charge in [-0.2, -0.15) is 0 Å². The van der Waals surface area contributed by atoms with Gasteiger partial charge in [0, 0.05) is 26.2 Å². The SMILES string of the molecule is CC(C)(C)OC(=O)N1CCN(c2ccc(-c3c[nH]oc3=O)cc2F)CC1. The second-order valence-corrected chi connectivity index (χ2v) is 7.19. The van der Waals surface area contributed by atoms with Crippen molar-refractivity contribution in [1.82, 2.24) is 10.1 Å². The summed E-state index contributed by atoms with van der Waals surface area (Å²) in [4.78, 5) is 27.1. The minimum atomic E-state index is -0.541. The molecule has 1 aliphatic heterocycles. The fourth-order valence-corrected chi connectivity index (χ4v) is 2.84. The maximum Gasteiger partial charge on any atom is 0.410 e. The quantitative estimate of drug-likeness (QED) is 0.888. The van der Waals surface area contributed by atoms with E-state index in [-0.39, 0.29) is 11.7 Å². The van der Waals surface area contributed by atoms with Gasteiger partial charge in [0.25, 0.3) is 0 Å². The van der Waals surface area contributed by atoms with Gasteiger partial charge in [-0.1, -0.05) is 6.07 Å². The molecular weight excluding hydrogens is 341 g/mol. The lowest BCUT2D eigenvalue weighted by molar-refractivity contribution is 0.0240. The third-order valence-corrected chi connectivity index (χ3v) is 4.11. The Morgan fingerprint density at radius 3 is 2.46 bits per heavy atom. The zero-order chi connectivity index (χ0) is 18.9. The monoisotopic (exact) mass is 363 g/mol. The predicted octanol–water partition coefficient (Wildman–Crippen LogP) is 2.83. The molecule has 1 aromatic carbocycles. The number of halogens is 1. The van der Waals surface area contributed by atoms with Gasteiger partial charge in [0.05, 0.1) is 17.4 Å². The highest BCUT2D eigenvalue weighted by Crippen LogP contribution is 2.26. The number of benzene rings is 1. The van der Waals surface area contributed by atoms with Crippen molar-refractivity contribution in [2.45, 2.75) is 26.4 Å². The molecule has 8 heteroatoms. The fourth-order valence-electron chi connectivity index (χ4n) is 2.84. The largest absolute Gasteiger partial charge is 0.444 e. The van der Waals surface area contributed by atoms with E-state index in [0.29, 0.717) is 37.4 Å². The average molecular weight is 363 g/mol. The van der Waals surface area contributed by atoms with Gasteiger partial charge < -0.3 is 19.1 Å². The number of nitrogens with zero attached hydrogens (tertiary/aromatic N) is 2. The minimum absolute atomic E-state index is 0.283. The van der Waals surface area contributed by atoms with Crippen LogP contribution in [0.15, 0.2) is 33.7 Å². The Morgan fingerprint density at radius 1 is 1.23 bits per heavy atom. The first-order valence-corrected chi connectivity index (χ1v) is 8.44. The van der Waals surface area contributed by atoms with Crippen LogP contribution < -0.4 is 10.5 Å². The maximum absolute atomic E-state index is 14.5. The van der Waals surface area contributed by atoms with Gasteiger partial charge in [-0.15, -0.1) is 0 Å². The molecule has 26 heavy (non-hydrogen) atoms. The van der Waals surface area contributed by atoms with Gasteiger partial charge in [0.2, 0.25) is 0 Å². The lowest BCUT2D eigenvalue weighted by atomic mass is 10.1. The van der Waals surface area contributed by atoms with E-state index in [2.05, 4.69) is 9.68 Å². The van der Waals surface area contributed by atoms with Crippen molar-refractivity contribution in [3.8, 4) is 11.1 Å². The van der Waals surface area contributed by atoms with E-state index in [4.69, 9.17) is 4.74 Å². The van der Waals surface area contributed by atoms with Crippen LogP contribution >= 0.6 is 0 Å². The third-order valence-electron chi connectivity index (χ3n) is 4.11. The van der Waals surface area contributed by atoms with Crippen molar-refractivity contribution in [2.75, 3.05) is 31.1 Å². The van der Waals surface area contributed by atoms with Gasteiger partial charge >= 0.3 is 11.7 Å². The Kier molecular flexibility index (Phi) is 4.76. The Morgan fingerprint density at radius 2 is 1.92 bits per heavy atom. The smallest absolute Gasteiger partial charge is 0.410 e. The van der Waals surface area contributed by atoms with Crippen LogP contribution in [0.5, 0.6) is 0 Å². The number of ether oxygens (including phenoxy) is 1. The zero-order valence-electron chi connectivity index (χ0n) is 15.0. The molecule has 1 amide bonds. The highest BCUT2D eigenvalue weighted by molar-refractivity contribution is 5.69. The van der Waals surface area contributed by atoms with Crippen LogP contribution in [0.1, 0.15) is 20.8 Å². The molecule has 7 nitrogen and oxygen atoms in total. The van der Waals surface area contributed by atoms with Gasteiger partial charge in [-0.3, -0.25) is 0 Å². The number of nitrogens with one attached hydrogen (secondary N) is 1. The number of hydrogen-bond acceptors (Lipinski definition) is 5. The van der Waals surface area contributed by atoms with Gasteiger partial charge in [0.1, 0.15) is 11.4 Å². The molecule has 1 aromatic heterocycles. The molecule has 1 saturated heterocycles. The van der Waals surface area contributed by atoms with E-state index < -0.39 is 17.0 Å². The van der Waals surface area contributed by atoms with Crippen molar-refractivity contribution in [2.24, 2.45) is 0 Å². The topological polar surface area (TPSA) is 78.8 Å². The maximum atomic E-state index is 14.5. The van der Waals surface area contributed by atoms with Crippen LogP contribution in [0.25, 0.3) is 11.1 Å². The molecule has 1 fully saturated rings. The second kappa shape index (κ2) is 6.86. The first kappa shape index (κ1) is 18.0. The number of rotatable bonds is 2. The molecule has 0 saturated carbocycles. The summed E-state index contributed by atoms with van der Waals surface area (Å²) < 4.78 is 24.5. The Labute approximate surface area is 150 Å². The van der Waals surface area contributed by atoms with Crippen molar-refractivity contribution in [1.29, 1.82) is 0 Å². The van der Waals surface area contributed by atoms with Crippen molar-refractivity contribution < 1.29 is 18.4 Å². The number of anilines is 1. The van der Waals surface area contributed by atoms with Gasteiger partial charge in [-0.05, 0) is 38.5 Å². The number of aromatic nitrogens is 1. The molecule has 3 rings (SSSR count). The summed E-state index contributed by atoms with van der Waals surface area (Å²) in [6.45, 7) is 7.38. The molecule has 1 N–H and O–H groups in total. The summed E-state index contributed by atoms with van der Waals surface area (Å²) >= 11 is 0. The van der Waals surface area contributed by atoms with E-state index in [1.54, 1.807) is 17.0 Å². The average Bonchev–Trinajstić information content (AvgIpc) is 2.99. The standard InChI is InChI=1S/C18H22FN3O4/c1-18(2,3)25-17(24)22-8-6-21(7-9-22)15-5-4-12(10-14(15)19)13-11-20-26-16(13)23/h4-5,10-11,20H,6-9H2,1-3H3. The van der Waals surface area contributed by atoms with E-state index in [1.807, 2.05) is 25.7 Å². The third kappa shape index (κ3) is 3.89. The molecular formula is C18H22FN3O4. The van der Waals surface area contributed by atoms with E-state index in [1.165, 1.54) is 12.3 Å². The van der Waals surface area contributed by atoms with E-state index in [0.717, 1.165) is 0 Å². The van der Waals surface area contributed by atoms with Crippen molar-refractivity contribution >= 4 is 11.8 Å². The predicted molar refractivity (Wildman–Crippen MR) is 94.7 cm³/mol. The van der Waals surface area contributed by atoms with E-state index in [9.17, 15) is 14.0 Å². The number of carbonyl (C=O) groups is 1. The summed E-state index contributed by atoms with van der Waals surface area (Å²) in [5, 5.41) is 2.36. The number of piperazine rings is 1. The number of carbonyl (C=O) groups excluding carboxylic acids is 1. The van der Waals surface area contributed by atoms with Crippen molar-refractivity contribution in [3.63, 3.8) is 0 Å². The molecule has 0 spiro atoms. The minimum Gasteiger partial charge on any atom is -0.444 e. The van der Waals surface area contributed by atoms with Crippen LogP contribution in [-0.4, -0.2) is 47.9 Å². The van der Waals surface area contributed by atoms with Crippen LogP contribution in [-0.2, 0) is 4.74 Å².